The Morgan fingerprint density at radius 3 is 2.35 bits per heavy atom. The molecule has 1 aliphatic carbocycles. The Balaban J connectivity index is 2.07. The normalized spacial score (nSPS) is 31.8. The standard InChI is InChI=1S/C12H19NO3S/c1-12(16,7-17-2)6-13-10(14)8-4-3-5-9(8)11(13)15/h8-9,16H,3-7H2,1-2H3. The van der Waals surface area contributed by atoms with Crippen LogP contribution >= 0.6 is 11.8 Å². The van der Waals surface area contributed by atoms with Crippen LogP contribution in [0.2, 0.25) is 0 Å². The molecule has 0 radical (unpaired) electrons. The summed E-state index contributed by atoms with van der Waals surface area (Å²) in [5.74, 6) is 0.178. The molecule has 4 nitrogen and oxygen atoms in total. The summed E-state index contributed by atoms with van der Waals surface area (Å²) in [5, 5.41) is 10.1. The zero-order chi connectivity index (χ0) is 12.6. The number of hydrogen-bond donors (Lipinski definition) is 1. The molecule has 1 N–H and O–H groups in total. The van der Waals surface area contributed by atoms with Gasteiger partial charge >= 0.3 is 0 Å². The van der Waals surface area contributed by atoms with E-state index >= 15 is 0 Å². The predicted octanol–water partition coefficient (Wildman–Crippen LogP) is 0.885. The van der Waals surface area contributed by atoms with Crippen molar-refractivity contribution < 1.29 is 14.7 Å². The number of rotatable bonds is 4. The Bertz CT molecular complexity index is 321. The molecule has 0 aromatic heterocycles. The van der Waals surface area contributed by atoms with Gasteiger partial charge in [0.05, 0.1) is 24.0 Å². The summed E-state index contributed by atoms with van der Waals surface area (Å²) in [6.07, 6.45) is 4.53. The van der Waals surface area contributed by atoms with Gasteiger partial charge in [0.25, 0.3) is 0 Å². The van der Waals surface area contributed by atoms with Crippen molar-refractivity contribution in [2.75, 3.05) is 18.6 Å². The third kappa shape index (κ3) is 2.36. The first-order valence-corrected chi connectivity index (χ1v) is 7.42. The first-order valence-electron chi connectivity index (χ1n) is 6.03. The minimum Gasteiger partial charge on any atom is -0.387 e. The topological polar surface area (TPSA) is 57.6 Å². The van der Waals surface area contributed by atoms with Gasteiger partial charge in [-0.05, 0) is 26.0 Å². The zero-order valence-electron chi connectivity index (χ0n) is 10.3. The van der Waals surface area contributed by atoms with E-state index in [-0.39, 0.29) is 30.2 Å². The van der Waals surface area contributed by atoms with E-state index in [1.165, 1.54) is 16.7 Å². The number of nitrogens with zero attached hydrogens (tertiary/aromatic N) is 1. The third-order valence-corrected chi connectivity index (χ3v) is 4.55. The monoisotopic (exact) mass is 257 g/mol. The molecule has 0 aromatic carbocycles. The molecule has 17 heavy (non-hydrogen) atoms. The molecule has 0 bridgehead atoms. The lowest BCUT2D eigenvalue weighted by Crippen LogP contribution is -2.46. The largest absolute Gasteiger partial charge is 0.387 e. The number of thioether (sulfide) groups is 1. The molecule has 3 unspecified atom stereocenters. The fourth-order valence-electron chi connectivity index (χ4n) is 2.91. The van der Waals surface area contributed by atoms with Gasteiger partial charge in [0.2, 0.25) is 11.8 Å². The lowest BCUT2D eigenvalue weighted by molar-refractivity contribution is -0.143. The van der Waals surface area contributed by atoms with Crippen LogP contribution in [-0.2, 0) is 9.59 Å². The lowest BCUT2D eigenvalue weighted by Gasteiger charge is -2.27. The maximum Gasteiger partial charge on any atom is 0.233 e. The van der Waals surface area contributed by atoms with Gasteiger partial charge in [0.1, 0.15) is 0 Å². The molecule has 96 valence electrons. The van der Waals surface area contributed by atoms with E-state index in [2.05, 4.69) is 0 Å². The van der Waals surface area contributed by atoms with E-state index in [1.807, 2.05) is 6.26 Å². The van der Waals surface area contributed by atoms with Crippen molar-refractivity contribution in [3.8, 4) is 0 Å². The van der Waals surface area contributed by atoms with Crippen LogP contribution in [0.15, 0.2) is 0 Å². The minimum atomic E-state index is -0.983. The number of carbonyl (C=O) groups excluding carboxylic acids is 2. The smallest absolute Gasteiger partial charge is 0.233 e. The Labute approximate surface area is 106 Å². The van der Waals surface area contributed by atoms with E-state index < -0.39 is 5.60 Å². The van der Waals surface area contributed by atoms with Crippen LogP contribution in [0.1, 0.15) is 26.2 Å². The SMILES string of the molecule is CSCC(C)(O)CN1C(=O)C2CCCC2C1=O. The highest BCUT2D eigenvalue weighted by atomic mass is 32.2. The van der Waals surface area contributed by atoms with Gasteiger partial charge in [0.15, 0.2) is 0 Å². The summed E-state index contributed by atoms with van der Waals surface area (Å²) < 4.78 is 0. The van der Waals surface area contributed by atoms with Gasteiger partial charge in [0, 0.05) is 5.75 Å². The molecule has 1 saturated heterocycles. The van der Waals surface area contributed by atoms with E-state index in [9.17, 15) is 14.7 Å². The molecular formula is C12H19NO3S. The Morgan fingerprint density at radius 2 is 1.88 bits per heavy atom. The van der Waals surface area contributed by atoms with E-state index in [0.29, 0.717) is 5.75 Å². The first kappa shape index (κ1) is 12.9. The third-order valence-electron chi connectivity index (χ3n) is 3.64. The number of carbonyl (C=O) groups is 2. The highest BCUT2D eigenvalue weighted by molar-refractivity contribution is 7.98. The molecule has 0 spiro atoms. The molecule has 1 heterocycles. The van der Waals surface area contributed by atoms with Crippen LogP contribution in [0.4, 0.5) is 0 Å². The number of β-amino-alcohol motifs (C(OH)–C–C–N with tert-alkyl or cyclic N) is 1. The van der Waals surface area contributed by atoms with Gasteiger partial charge < -0.3 is 5.11 Å². The van der Waals surface area contributed by atoms with Gasteiger partial charge in [-0.25, -0.2) is 0 Å². The highest BCUT2D eigenvalue weighted by Gasteiger charge is 2.50. The van der Waals surface area contributed by atoms with Crippen molar-refractivity contribution >= 4 is 23.6 Å². The lowest BCUT2D eigenvalue weighted by atomic mass is 10.00. The van der Waals surface area contributed by atoms with E-state index in [1.54, 1.807) is 6.92 Å². The molecule has 1 saturated carbocycles. The average molecular weight is 257 g/mol. The maximum atomic E-state index is 12.1. The maximum absolute atomic E-state index is 12.1. The molecule has 1 aliphatic heterocycles. The molecule has 2 aliphatic rings. The van der Waals surface area contributed by atoms with Crippen molar-refractivity contribution in [2.24, 2.45) is 11.8 Å². The van der Waals surface area contributed by atoms with Gasteiger partial charge in [-0.3, -0.25) is 14.5 Å². The number of likely N-dealkylation sites (tertiary alicyclic amines) is 1. The summed E-state index contributed by atoms with van der Waals surface area (Å²) in [7, 11) is 0. The van der Waals surface area contributed by atoms with Crippen molar-refractivity contribution in [3.05, 3.63) is 0 Å². The van der Waals surface area contributed by atoms with Crippen LogP contribution in [0, 0.1) is 11.8 Å². The zero-order valence-corrected chi connectivity index (χ0v) is 11.1. The van der Waals surface area contributed by atoms with E-state index in [0.717, 1.165) is 19.3 Å². The van der Waals surface area contributed by atoms with Gasteiger partial charge in [-0.2, -0.15) is 11.8 Å². The number of hydrogen-bond acceptors (Lipinski definition) is 4. The molecule has 2 fully saturated rings. The summed E-state index contributed by atoms with van der Waals surface area (Å²) in [6.45, 7) is 1.82. The quantitative estimate of drug-likeness (QED) is 0.760. The van der Waals surface area contributed by atoms with Crippen LogP contribution < -0.4 is 0 Å². The Kier molecular flexibility index (Phi) is 3.50. The highest BCUT2D eigenvalue weighted by Crippen LogP contribution is 2.40. The van der Waals surface area contributed by atoms with Crippen LogP contribution in [-0.4, -0.2) is 46.0 Å². The van der Waals surface area contributed by atoms with E-state index in [4.69, 9.17) is 0 Å². The fraction of sp³-hybridized carbons (Fsp3) is 0.833. The van der Waals surface area contributed by atoms with Crippen LogP contribution in [0.3, 0.4) is 0 Å². The number of aliphatic hydroxyl groups is 1. The molecule has 2 amide bonds. The average Bonchev–Trinajstić information content (AvgIpc) is 2.79. The van der Waals surface area contributed by atoms with Crippen LogP contribution in [0.5, 0.6) is 0 Å². The fourth-order valence-corrected chi connectivity index (χ4v) is 3.63. The van der Waals surface area contributed by atoms with Crippen molar-refractivity contribution in [1.82, 2.24) is 4.90 Å². The molecule has 0 aromatic rings. The second-order valence-electron chi connectivity index (χ2n) is 5.34. The first-order chi connectivity index (χ1) is 7.96. The van der Waals surface area contributed by atoms with Gasteiger partial charge in [-0.1, -0.05) is 6.42 Å². The summed E-state index contributed by atoms with van der Waals surface area (Å²) >= 11 is 1.52. The number of imide groups is 1. The van der Waals surface area contributed by atoms with Crippen molar-refractivity contribution in [2.45, 2.75) is 31.8 Å². The molecule has 5 heteroatoms. The number of amides is 2. The summed E-state index contributed by atoms with van der Waals surface area (Å²) in [5.41, 5.74) is -0.983. The second kappa shape index (κ2) is 4.61. The molecule has 2 rings (SSSR count). The summed E-state index contributed by atoms with van der Waals surface area (Å²) in [6, 6.07) is 0. The van der Waals surface area contributed by atoms with Crippen molar-refractivity contribution in [1.29, 1.82) is 0 Å². The number of fused-ring (bicyclic) bond motifs is 1. The Hall–Kier alpha value is -0.550. The van der Waals surface area contributed by atoms with Crippen LogP contribution in [0.25, 0.3) is 0 Å². The Morgan fingerprint density at radius 1 is 1.35 bits per heavy atom. The second-order valence-corrected chi connectivity index (χ2v) is 6.20. The minimum absolute atomic E-state index is 0.0705. The van der Waals surface area contributed by atoms with Gasteiger partial charge in [-0.15, -0.1) is 0 Å². The predicted molar refractivity (Wildman–Crippen MR) is 66.6 cm³/mol. The molecule has 3 atom stereocenters. The van der Waals surface area contributed by atoms with Crippen molar-refractivity contribution in [3.63, 3.8) is 0 Å². The molecular weight excluding hydrogens is 238 g/mol. The summed E-state index contributed by atoms with van der Waals surface area (Å²) in [4.78, 5) is 25.4.